The number of carbonyl (C=O) groups excluding carboxylic acids is 1. The van der Waals surface area contributed by atoms with Crippen molar-refractivity contribution in [3.63, 3.8) is 0 Å². The summed E-state index contributed by atoms with van der Waals surface area (Å²) in [5.41, 5.74) is 0. The quantitative estimate of drug-likeness (QED) is 0.0195. The highest BCUT2D eigenvalue weighted by molar-refractivity contribution is 7.86. The van der Waals surface area contributed by atoms with Crippen molar-refractivity contribution in [2.45, 2.75) is 287 Å². The maximum absolute atomic E-state index is 13.0. The summed E-state index contributed by atoms with van der Waals surface area (Å²) in [7, 11) is -4.94. The molecule has 0 bridgehead atoms. The highest BCUT2D eigenvalue weighted by Crippen LogP contribution is 2.27. The lowest BCUT2D eigenvalue weighted by Gasteiger charge is -2.40. The van der Waals surface area contributed by atoms with Gasteiger partial charge in [0.25, 0.3) is 10.1 Å². The number of hydrogen-bond donors (Lipinski definition) is 6. The van der Waals surface area contributed by atoms with E-state index in [1.165, 1.54) is 180 Å². The van der Waals surface area contributed by atoms with Crippen LogP contribution in [0.3, 0.4) is 0 Å². The van der Waals surface area contributed by atoms with Crippen LogP contribution < -0.4 is 5.32 Å². The minimum atomic E-state index is -4.94. The van der Waals surface area contributed by atoms with Crippen molar-refractivity contribution in [2.75, 3.05) is 13.2 Å². The van der Waals surface area contributed by atoms with Gasteiger partial charge in [0, 0.05) is 6.42 Å². The van der Waals surface area contributed by atoms with Gasteiger partial charge in [-0.3, -0.25) is 9.35 Å². The van der Waals surface area contributed by atoms with E-state index in [2.05, 4.69) is 19.2 Å². The summed E-state index contributed by atoms with van der Waals surface area (Å²) in [4.78, 5) is 13.0. The van der Waals surface area contributed by atoms with Crippen LogP contribution >= 0.6 is 0 Å². The first-order valence-corrected chi connectivity index (χ1v) is 27.4. The molecule has 0 aromatic carbocycles. The zero-order valence-electron chi connectivity index (χ0n) is 39.8. The molecule has 12 heteroatoms. The molecule has 1 fully saturated rings. The summed E-state index contributed by atoms with van der Waals surface area (Å²) < 4.78 is 44.7. The Bertz CT molecular complexity index is 1160. The van der Waals surface area contributed by atoms with Crippen LogP contribution in [0.25, 0.3) is 0 Å². The van der Waals surface area contributed by atoms with Gasteiger partial charge in [0.1, 0.15) is 23.6 Å². The summed E-state index contributed by atoms with van der Waals surface area (Å²) in [6.07, 6.45) is 39.9. The number of unbranched alkanes of at least 4 members (excludes halogenated alkanes) is 33. The zero-order valence-corrected chi connectivity index (χ0v) is 40.6. The normalized spacial score (nSPS) is 20.5. The molecule has 0 spiro atoms. The lowest BCUT2D eigenvalue weighted by molar-refractivity contribution is -0.270. The second-order valence-corrected chi connectivity index (χ2v) is 20.0. The SMILES string of the molecule is CCCCCCCCCCCCC/C=C/[C@@H](O)[C@H](CO[C@@H]1O[C@H](CO)[C@@H](O)[C@H](S(=O)(=O)O)[C@H]1O)NC(=O)CCCCCCCCCCCCCCCCCCCCCCCCC. The molecule has 368 valence electrons. The van der Waals surface area contributed by atoms with Crippen molar-refractivity contribution in [1.29, 1.82) is 0 Å². The Hall–Kier alpha value is -1.12. The molecule has 1 aliphatic rings. The van der Waals surface area contributed by atoms with E-state index in [4.69, 9.17) is 9.47 Å². The third-order valence-corrected chi connectivity index (χ3v) is 13.9. The first-order chi connectivity index (χ1) is 30.1. The number of aliphatic hydroxyl groups is 4. The summed E-state index contributed by atoms with van der Waals surface area (Å²) in [6.45, 7) is 3.37. The average molecular weight is 904 g/mol. The predicted molar refractivity (Wildman–Crippen MR) is 254 cm³/mol. The maximum atomic E-state index is 13.0. The number of amides is 1. The Morgan fingerprint density at radius 3 is 1.35 bits per heavy atom. The average Bonchev–Trinajstić information content (AvgIpc) is 3.24. The second kappa shape index (κ2) is 40.2. The highest BCUT2D eigenvalue weighted by atomic mass is 32.2. The van der Waals surface area contributed by atoms with Crippen LogP contribution in [-0.2, 0) is 24.4 Å². The van der Waals surface area contributed by atoms with Gasteiger partial charge in [-0.1, -0.05) is 231 Å². The smallest absolute Gasteiger partial charge is 0.273 e. The Morgan fingerprint density at radius 2 is 0.984 bits per heavy atom. The molecule has 0 aromatic rings. The van der Waals surface area contributed by atoms with Crippen LogP contribution in [0.15, 0.2) is 12.2 Å². The van der Waals surface area contributed by atoms with Crippen LogP contribution in [0.2, 0.25) is 0 Å². The van der Waals surface area contributed by atoms with E-state index in [1.54, 1.807) is 6.08 Å². The maximum Gasteiger partial charge on any atom is 0.273 e. The first-order valence-electron chi connectivity index (χ1n) is 25.9. The van der Waals surface area contributed by atoms with Gasteiger partial charge < -0.3 is 35.2 Å². The molecular weight excluding hydrogens is 807 g/mol. The van der Waals surface area contributed by atoms with Gasteiger partial charge in [0.2, 0.25) is 5.91 Å². The van der Waals surface area contributed by atoms with Gasteiger partial charge >= 0.3 is 0 Å². The van der Waals surface area contributed by atoms with Gasteiger partial charge in [-0.15, -0.1) is 0 Å². The van der Waals surface area contributed by atoms with Gasteiger partial charge in [0.05, 0.1) is 25.4 Å². The number of nitrogens with one attached hydrogen (secondary N) is 1. The Kier molecular flexibility index (Phi) is 38.2. The third kappa shape index (κ3) is 30.9. The molecular formula is C50H97NO10S. The Morgan fingerprint density at radius 1 is 0.613 bits per heavy atom. The van der Waals surface area contributed by atoms with Crippen molar-refractivity contribution in [1.82, 2.24) is 5.32 Å². The fourth-order valence-electron chi connectivity index (χ4n) is 8.61. The molecule has 1 heterocycles. The molecule has 0 aliphatic carbocycles. The molecule has 0 radical (unpaired) electrons. The minimum Gasteiger partial charge on any atom is -0.394 e. The number of ether oxygens (including phenoxy) is 2. The van der Waals surface area contributed by atoms with Gasteiger partial charge in [-0.2, -0.15) is 8.42 Å². The van der Waals surface area contributed by atoms with Crippen molar-refractivity contribution in [3.8, 4) is 0 Å². The number of rotatable bonds is 44. The number of carbonyl (C=O) groups is 1. The van der Waals surface area contributed by atoms with Crippen molar-refractivity contribution in [3.05, 3.63) is 12.2 Å². The molecule has 0 saturated carbocycles. The highest BCUT2D eigenvalue weighted by Gasteiger charge is 2.51. The van der Waals surface area contributed by atoms with E-state index >= 15 is 0 Å². The van der Waals surface area contributed by atoms with E-state index in [1.807, 2.05) is 6.08 Å². The van der Waals surface area contributed by atoms with E-state index in [0.29, 0.717) is 6.42 Å². The van der Waals surface area contributed by atoms with Crippen LogP contribution in [0.4, 0.5) is 0 Å². The molecule has 1 saturated heterocycles. The molecule has 6 N–H and O–H groups in total. The van der Waals surface area contributed by atoms with Crippen LogP contribution in [0, 0.1) is 0 Å². The zero-order chi connectivity index (χ0) is 45.5. The predicted octanol–water partition coefficient (Wildman–Crippen LogP) is 11.2. The molecule has 7 atom stereocenters. The summed E-state index contributed by atoms with van der Waals surface area (Å²) in [6, 6.07) is -0.944. The number of hydrogen-bond acceptors (Lipinski definition) is 9. The number of aliphatic hydroxyl groups excluding tert-OH is 4. The van der Waals surface area contributed by atoms with E-state index in [9.17, 15) is 38.2 Å². The Balaban J connectivity index is 2.35. The van der Waals surface area contributed by atoms with Crippen molar-refractivity contribution >= 4 is 16.0 Å². The van der Waals surface area contributed by atoms with Crippen LogP contribution in [-0.4, -0.2) is 94.5 Å². The van der Waals surface area contributed by atoms with Crippen molar-refractivity contribution < 1.29 is 47.7 Å². The van der Waals surface area contributed by atoms with Crippen LogP contribution in [0.1, 0.15) is 245 Å². The van der Waals surface area contributed by atoms with Crippen LogP contribution in [0.5, 0.6) is 0 Å². The molecule has 11 nitrogen and oxygen atoms in total. The molecule has 62 heavy (non-hydrogen) atoms. The first kappa shape index (κ1) is 58.9. The van der Waals surface area contributed by atoms with E-state index < -0.39 is 58.7 Å². The van der Waals surface area contributed by atoms with Crippen molar-refractivity contribution in [2.24, 2.45) is 0 Å². The van der Waals surface area contributed by atoms with E-state index in [0.717, 1.165) is 38.5 Å². The topological polar surface area (TPSA) is 183 Å². The summed E-state index contributed by atoms with van der Waals surface area (Å²) in [5.74, 6) is -0.260. The lowest BCUT2D eigenvalue weighted by Crippen LogP contribution is -2.62. The Labute approximate surface area is 380 Å². The minimum absolute atomic E-state index is 0.260. The fourth-order valence-corrected chi connectivity index (χ4v) is 9.62. The summed E-state index contributed by atoms with van der Waals surface area (Å²) >= 11 is 0. The van der Waals surface area contributed by atoms with Gasteiger partial charge in [-0.05, 0) is 19.3 Å². The number of allylic oxidation sites excluding steroid dienone is 1. The van der Waals surface area contributed by atoms with E-state index in [-0.39, 0.29) is 18.9 Å². The molecule has 1 rings (SSSR count). The standard InChI is InChI=1S/C50H97NO10S/c1-3-5-7-9-11-13-15-17-18-19-20-21-22-23-24-25-26-28-30-32-34-36-38-40-46(54)51-43(42-60-50-48(56)49(62(57,58)59)47(55)45(41-52)61-50)44(53)39-37-35-33-31-29-27-16-14-12-10-8-6-4-2/h37,39,43-45,47-50,52-53,55-56H,3-36,38,40-42H2,1-2H3,(H,51,54)(H,57,58,59)/b39-37+/t43-,44+,45+,47+,48+,49-,50+/m0/s1. The molecule has 0 unspecified atom stereocenters. The second-order valence-electron chi connectivity index (χ2n) is 18.5. The fraction of sp³-hybridized carbons (Fsp3) is 0.940. The molecule has 1 aliphatic heterocycles. The third-order valence-electron chi connectivity index (χ3n) is 12.7. The summed E-state index contributed by atoms with van der Waals surface area (Å²) in [5, 5.41) is 42.5. The molecule has 0 aromatic heterocycles. The van der Waals surface area contributed by atoms with Gasteiger partial charge in [-0.25, -0.2) is 0 Å². The van der Waals surface area contributed by atoms with Gasteiger partial charge in [0.15, 0.2) is 6.29 Å². The molecule has 1 amide bonds. The monoisotopic (exact) mass is 904 g/mol. The largest absolute Gasteiger partial charge is 0.394 e. The lowest BCUT2D eigenvalue weighted by atomic mass is 10.0.